The Morgan fingerprint density at radius 3 is 2.61 bits per heavy atom. The summed E-state index contributed by atoms with van der Waals surface area (Å²) in [7, 11) is -3.28. The molecule has 28 heavy (non-hydrogen) atoms. The number of amides is 1. The summed E-state index contributed by atoms with van der Waals surface area (Å²) in [6.07, 6.45) is 2.85. The highest BCUT2D eigenvalue weighted by atomic mass is 32.2. The zero-order valence-corrected chi connectivity index (χ0v) is 16.5. The van der Waals surface area contributed by atoms with Crippen molar-refractivity contribution >= 4 is 21.6 Å². The molecule has 2 aliphatic heterocycles. The number of carbonyl (C=O) groups excluding carboxylic acids is 1. The lowest BCUT2D eigenvalue weighted by molar-refractivity contribution is -0.133. The maximum atomic E-state index is 12.7. The minimum Gasteiger partial charge on any atom is -0.374 e. The van der Waals surface area contributed by atoms with E-state index in [9.17, 15) is 13.2 Å². The Morgan fingerprint density at radius 1 is 1.14 bits per heavy atom. The molecule has 0 bridgehead atoms. The molecule has 0 spiro atoms. The molecule has 3 heterocycles. The van der Waals surface area contributed by atoms with Crippen molar-refractivity contribution in [2.24, 2.45) is 0 Å². The van der Waals surface area contributed by atoms with E-state index in [1.165, 1.54) is 12.5 Å². The number of fused-ring (bicyclic) bond motifs is 1. The third kappa shape index (κ3) is 3.88. The van der Waals surface area contributed by atoms with Gasteiger partial charge in [-0.1, -0.05) is 30.3 Å². The molecule has 0 radical (unpaired) electrons. The van der Waals surface area contributed by atoms with Crippen LogP contribution < -0.4 is 4.90 Å². The van der Waals surface area contributed by atoms with E-state index in [1.807, 2.05) is 35.2 Å². The SMILES string of the molecule is CS(=O)(=O)c1ccc(N2C[C@@H]3OCCC(=O)N(Cc4ccccc4)[C@H]3C2)nc1. The topological polar surface area (TPSA) is 79.8 Å². The van der Waals surface area contributed by atoms with Gasteiger partial charge in [0.2, 0.25) is 5.91 Å². The lowest BCUT2D eigenvalue weighted by Crippen LogP contribution is -2.45. The van der Waals surface area contributed by atoms with E-state index in [-0.39, 0.29) is 22.9 Å². The molecule has 0 aliphatic carbocycles. The summed E-state index contributed by atoms with van der Waals surface area (Å²) < 4.78 is 29.3. The molecule has 2 fully saturated rings. The predicted octanol–water partition coefficient (Wildman–Crippen LogP) is 1.49. The third-order valence-electron chi connectivity index (χ3n) is 5.27. The van der Waals surface area contributed by atoms with Crippen LogP contribution in [0.2, 0.25) is 0 Å². The summed E-state index contributed by atoms with van der Waals surface area (Å²) in [5.41, 5.74) is 1.09. The van der Waals surface area contributed by atoms with Crippen LogP contribution >= 0.6 is 0 Å². The Kier molecular flexibility index (Phi) is 5.07. The van der Waals surface area contributed by atoms with Gasteiger partial charge in [-0.25, -0.2) is 13.4 Å². The second kappa shape index (κ2) is 7.52. The van der Waals surface area contributed by atoms with Gasteiger partial charge < -0.3 is 14.5 Å². The van der Waals surface area contributed by atoms with Gasteiger partial charge in [0.25, 0.3) is 0 Å². The fourth-order valence-electron chi connectivity index (χ4n) is 3.80. The molecule has 148 valence electrons. The third-order valence-corrected chi connectivity index (χ3v) is 6.37. The van der Waals surface area contributed by atoms with E-state index in [2.05, 4.69) is 9.88 Å². The van der Waals surface area contributed by atoms with Crippen molar-refractivity contribution in [3.63, 3.8) is 0 Å². The van der Waals surface area contributed by atoms with Crippen molar-refractivity contribution in [2.75, 3.05) is 30.9 Å². The minimum atomic E-state index is -3.28. The fourth-order valence-corrected chi connectivity index (χ4v) is 4.36. The van der Waals surface area contributed by atoms with Gasteiger partial charge in [0.15, 0.2) is 9.84 Å². The Bertz CT molecular complexity index is 947. The number of benzene rings is 1. The van der Waals surface area contributed by atoms with Crippen LogP contribution in [-0.2, 0) is 25.9 Å². The van der Waals surface area contributed by atoms with Crippen LogP contribution in [-0.4, -0.2) is 62.3 Å². The van der Waals surface area contributed by atoms with Crippen LogP contribution in [0.25, 0.3) is 0 Å². The predicted molar refractivity (Wildman–Crippen MR) is 105 cm³/mol. The molecule has 4 rings (SSSR count). The number of pyridine rings is 1. The van der Waals surface area contributed by atoms with E-state index in [0.29, 0.717) is 38.5 Å². The molecule has 0 N–H and O–H groups in total. The van der Waals surface area contributed by atoms with Gasteiger partial charge in [-0.3, -0.25) is 4.79 Å². The van der Waals surface area contributed by atoms with E-state index in [1.54, 1.807) is 12.1 Å². The van der Waals surface area contributed by atoms with Crippen molar-refractivity contribution < 1.29 is 17.9 Å². The number of rotatable bonds is 4. The average Bonchev–Trinajstić information content (AvgIpc) is 3.04. The number of aromatic nitrogens is 1. The summed E-state index contributed by atoms with van der Waals surface area (Å²) in [6, 6.07) is 13.2. The van der Waals surface area contributed by atoms with Gasteiger partial charge in [-0.05, 0) is 17.7 Å². The molecule has 0 unspecified atom stereocenters. The summed E-state index contributed by atoms with van der Waals surface area (Å²) in [5.74, 6) is 0.787. The highest BCUT2D eigenvalue weighted by molar-refractivity contribution is 7.90. The summed E-state index contributed by atoms with van der Waals surface area (Å²) in [5, 5.41) is 0. The number of anilines is 1. The highest BCUT2D eigenvalue weighted by Gasteiger charge is 2.41. The van der Waals surface area contributed by atoms with Crippen molar-refractivity contribution in [3.8, 4) is 0 Å². The molecule has 1 aromatic carbocycles. The van der Waals surface area contributed by atoms with E-state index in [0.717, 1.165) is 5.56 Å². The number of sulfone groups is 1. The van der Waals surface area contributed by atoms with Crippen molar-refractivity contribution in [1.29, 1.82) is 0 Å². The normalized spacial score (nSPS) is 22.8. The molecule has 2 atom stereocenters. The van der Waals surface area contributed by atoms with Gasteiger partial charge in [-0.15, -0.1) is 0 Å². The van der Waals surface area contributed by atoms with Crippen molar-refractivity contribution in [2.45, 2.75) is 30.0 Å². The Hall–Kier alpha value is -2.45. The highest BCUT2D eigenvalue weighted by Crippen LogP contribution is 2.28. The summed E-state index contributed by atoms with van der Waals surface area (Å²) in [6.45, 7) is 2.20. The molecular weight excluding hydrogens is 378 g/mol. The minimum absolute atomic E-state index is 0.0633. The molecular formula is C20H23N3O4S. The van der Waals surface area contributed by atoms with Gasteiger partial charge in [0.05, 0.1) is 30.1 Å². The first-order valence-corrected chi connectivity index (χ1v) is 11.2. The number of carbonyl (C=O) groups is 1. The number of nitrogens with zero attached hydrogens (tertiary/aromatic N) is 3. The van der Waals surface area contributed by atoms with E-state index >= 15 is 0 Å². The maximum Gasteiger partial charge on any atom is 0.225 e. The lowest BCUT2D eigenvalue weighted by atomic mass is 10.1. The fraction of sp³-hybridized carbons (Fsp3) is 0.400. The van der Waals surface area contributed by atoms with Crippen LogP contribution in [0, 0.1) is 0 Å². The molecule has 2 saturated heterocycles. The largest absolute Gasteiger partial charge is 0.374 e. The maximum absolute atomic E-state index is 12.7. The van der Waals surface area contributed by atoms with Crippen LogP contribution in [0.1, 0.15) is 12.0 Å². The Morgan fingerprint density at radius 2 is 1.93 bits per heavy atom. The first-order chi connectivity index (χ1) is 13.4. The van der Waals surface area contributed by atoms with E-state index < -0.39 is 9.84 Å². The Balaban J connectivity index is 1.55. The van der Waals surface area contributed by atoms with Crippen LogP contribution in [0.4, 0.5) is 5.82 Å². The molecule has 1 aromatic heterocycles. The van der Waals surface area contributed by atoms with Crippen LogP contribution in [0.5, 0.6) is 0 Å². The molecule has 8 heteroatoms. The second-order valence-electron chi connectivity index (χ2n) is 7.26. The first kappa shape index (κ1) is 18.9. The molecule has 1 amide bonds. The van der Waals surface area contributed by atoms with Gasteiger partial charge in [0, 0.05) is 32.1 Å². The monoisotopic (exact) mass is 401 g/mol. The lowest BCUT2D eigenvalue weighted by Gasteiger charge is -2.29. The number of hydrogen-bond acceptors (Lipinski definition) is 6. The zero-order valence-electron chi connectivity index (χ0n) is 15.7. The molecule has 0 saturated carbocycles. The molecule has 2 aliphatic rings. The Labute approximate surface area is 164 Å². The van der Waals surface area contributed by atoms with Crippen LogP contribution in [0.15, 0.2) is 53.6 Å². The van der Waals surface area contributed by atoms with Crippen molar-refractivity contribution in [3.05, 3.63) is 54.2 Å². The van der Waals surface area contributed by atoms with Gasteiger partial charge in [0.1, 0.15) is 5.82 Å². The standard InChI is InChI=1S/C20H23N3O4S/c1-28(25,26)16-7-8-19(21-11-16)22-13-17-18(14-22)27-10-9-20(24)23(17)12-15-5-3-2-4-6-15/h2-8,11,17-18H,9-10,12-14H2,1H3/t17-,18-/m0/s1. The average molecular weight is 401 g/mol. The van der Waals surface area contributed by atoms with Gasteiger partial charge in [-0.2, -0.15) is 0 Å². The smallest absolute Gasteiger partial charge is 0.225 e. The summed E-state index contributed by atoms with van der Waals surface area (Å²) >= 11 is 0. The number of ether oxygens (including phenoxy) is 1. The second-order valence-corrected chi connectivity index (χ2v) is 9.28. The number of hydrogen-bond donors (Lipinski definition) is 0. The van der Waals surface area contributed by atoms with E-state index in [4.69, 9.17) is 4.74 Å². The summed E-state index contributed by atoms with van der Waals surface area (Å²) in [4.78, 5) is 21.2. The van der Waals surface area contributed by atoms with Crippen molar-refractivity contribution in [1.82, 2.24) is 9.88 Å². The molecule has 2 aromatic rings. The first-order valence-electron chi connectivity index (χ1n) is 9.28. The van der Waals surface area contributed by atoms with Gasteiger partial charge >= 0.3 is 0 Å². The zero-order chi connectivity index (χ0) is 19.7. The quantitative estimate of drug-likeness (QED) is 0.772. The molecule has 7 nitrogen and oxygen atoms in total. The van der Waals surface area contributed by atoms with Crippen LogP contribution in [0.3, 0.4) is 0 Å².